The Morgan fingerprint density at radius 2 is 1.84 bits per heavy atom. The van der Waals surface area contributed by atoms with Crippen LogP contribution in [0.15, 0.2) is 78.4 Å². The number of fused-ring (bicyclic) bond motifs is 5. The first-order valence-corrected chi connectivity index (χ1v) is 14.7. The number of nitrogens with zero attached hydrogens (tertiary/aromatic N) is 1. The number of H-pyrrole nitrogens is 1. The highest BCUT2D eigenvalue weighted by molar-refractivity contribution is 6.19. The van der Waals surface area contributed by atoms with Crippen LogP contribution in [0.1, 0.15) is 45.6 Å². The number of halogens is 1. The Morgan fingerprint density at radius 1 is 1.02 bits per heavy atom. The lowest BCUT2D eigenvalue weighted by molar-refractivity contribution is -0.131. The second-order valence-electron chi connectivity index (χ2n) is 11.2. The molecular weight excluding hydrogens is 562 g/mol. The van der Waals surface area contributed by atoms with Gasteiger partial charge in [0.2, 0.25) is 0 Å². The second kappa shape index (κ2) is 10.4. The number of esters is 1. The number of anilines is 2. The van der Waals surface area contributed by atoms with Crippen LogP contribution in [0.3, 0.4) is 0 Å². The fourth-order valence-corrected chi connectivity index (χ4v) is 6.50. The highest BCUT2D eigenvalue weighted by atomic mass is 35.5. The van der Waals surface area contributed by atoms with E-state index < -0.39 is 5.97 Å². The molecule has 2 heterocycles. The fraction of sp³-hybridized carbons (Fsp3) is 0.171. The van der Waals surface area contributed by atoms with Crippen molar-refractivity contribution in [3.05, 3.63) is 106 Å². The summed E-state index contributed by atoms with van der Waals surface area (Å²) >= 11 is 6.41. The van der Waals surface area contributed by atoms with Gasteiger partial charge in [0, 0.05) is 65.3 Å². The Bertz CT molecular complexity index is 2030. The number of hydrogen-bond donors (Lipinski definition) is 2. The van der Waals surface area contributed by atoms with E-state index in [9.17, 15) is 14.4 Å². The number of aryl methyl sites for hydroxylation is 1. The topological polar surface area (TPSA) is 91.5 Å². The smallest absolute Gasteiger partial charge is 0.308 e. The van der Waals surface area contributed by atoms with Gasteiger partial charge in [-0.25, -0.2) is 0 Å². The number of hydrogen-bond acceptors (Lipinski definition) is 4. The molecule has 2 N–H and O–H groups in total. The van der Waals surface area contributed by atoms with Crippen molar-refractivity contribution in [2.45, 2.75) is 26.2 Å². The molecule has 214 valence electrons. The molecule has 7 nitrogen and oxygen atoms in total. The Labute approximate surface area is 253 Å². The van der Waals surface area contributed by atoms with Crippen LogP contribution in [0.25, 0.3) is 27.8 Å². The van der Waals surface area contributed by atoms with E-state index >= 15 is 0 Å². The first-order valence-electron chi connectivity index (χ1n) is 14.1. The average Bonchev–Trinajstić information content (AvgIpc) is 3.71. The third kappa shape index (κ3) is 4.76. The van der Waals surface area contributed by atoms with Crippen molar-refractivity contribution in [2.24, 2.45) is 0 Å². The number of rotatable bonds is 5. The normalized spacial score (nSPS) is 15.4. The van der Waals surface area contributed by atoms with Gasteiger partial charge in [-0.05, 0) is 59.3 Å². The number of ether oxygens (including phenoxy) is 1. The molecule has 1 aliphatic carbocycles. The average molecular weight is 590 g/mol. The predicted octanol–water partition coefficient (Wildman–Crippen LogP) is 7.12. The number of carbonyl (C=O) groups is 3. The van der Waals surface area contributed by atoms with Crippen LogP contribution in [0, 0.1) is 6.92 Å². The molecule has 1 atom stereocenters. The van der Waals surface area contributed by atoms with E-state index in [1.165, 1.54) is 6.92 Å². The summed E-state index contributed by atoms with van der Waals surface area (Å²) in [7, 11) is 0. The van der Waals surface area contributed by atoms with Crippen molar-refractivity contribution in [3.63, 3.8) is 0 Å². The minimum Gasteiger partial charge on any atom is -0.426 e. The summed E-state index contributed by atoms with van der Waals surface area (Å²) in [5.74, 6) is -0.131. The van der Waals surface area contributed by atoms with Crippen molar-refractivity contribution in [1.82, 2.24) is 4.98 Å². The first-order chi connectivity index (χ1) is 20.8. The lowest BCUT2D eigenvalue weighted by atomic mass is 9.95. The van der Waals surface area contributed by atoms with Crippen LogP contribution < -0.4 is 15.0 Å². The summed E-state index contributed by atoms with van der Waals surface area (Å²) in [6.07, 6.45) is 2.54. The molecular formula is C35H28ClN3O4. The number of carbonyl (C=O) groups excluding carboxylic acids is 3. The first kappa shape index (κ1) is 27.0. The highest BCUT2D eigenvalue weighted by Gasteiger charge is 2.35. The minimum absolute atomic E-state index is 0.0805. The third-order valence-corrected chi connectivity index (χ3v) is 8.60. The van der Waals surface area contributed by atoms with Crippen molar-refractivity contribution in [1.29, 1.82) is 0 Å². The van der Waals surface area contributed by atoms with Crippen molar-refractivity contribution < 1.29 is 19.1 Å². The summed E-state index contributed by atoms with van der Waals surface area (Å²) in [6, 6.07) is 23.0. The summed E-state index contributed by atoms with van der Waals surface area (Å²) in [5.41, 5.74) is 7.59. The molecule has 2 amide bonds. The molecule has 5 aromatic rings. The zero-order chi connectivity index (χ0) is 29.8. The number of benzene rings is 4. The summed E-state index contributed by atoms with van der Waals surface area (Å²) < 4.78 is 5.55. The molecule has 7 rings (SSSR count). The van der Waals surface area contributed by atoms with E-state index in [-0.39, 0.29) is 17.7 Å². The molecule has 0 bridgehead atoms. The van der Waals surface area contributed by atoms with Gasteiger partial charge in [-0.1, -0.05) is 48.0 Å². The van der Waals surface area contributed by atoms with Crippen LogP contribution in [0.5, 0.6) is 5.75 Å². The van der Waals surface area contributed by atoms with Crippen LogP contribution in [0.2, 0.25) is 0 Å². The van der Waals surface area contributed by atoms with E-state index in [1.807, 2.05) is 55.5 Å². The summed E-state index contributed by atoms with van der Waals surface area (Å²) in [6.45, 7) is 3.80. The van der Waals surface area contributed by atoms with Gasteiger partial charge in [-0.3, -0.25) is 14.4 Å². The monoisotopic (exact) mass is 589 g/mol. The minimum atomic E-state index is -0.433. The molecule has 0 spiro atoms. The second-order valence-corrected chi connectivity index (χ2v) is 11.5. The number of aromatic nitrogens is 1. The molecule has 1 aliphatic heterocycles. The molecule has 1 aromatic heterocycles. The zero-order valence-corrected chi connectivity index (χ0v) is 24.4. The molecule has 2 aliphatic rings. The van der Waals surface area contributed by atoms with Gasteiger partial charge in [0.1, 0.15) is 11.4 Å². The molecule has 4 aromatic carbocycles. The number of alkyl halides is 1. The lowest BCUT2D eigenvalue weighted by Crippen LogP contribution is -2.30. The van der Waals surface area contributed by atoms with Gasteiger partial charge in [-0.2, -0.15) is 0 Å². The van der Waals surface area contributed by atoms with Gasteiger partial charge in [0.15, 0.2) is 0 Å². The Morgan fingerprint density at radius 3 is 2.63 bits per heavy atom. The lowest BCUT2D eigenvalue weighted by Gasteiger charge is -2.18. The maximum absolute atomic E-state index is 13.9. The molecule has 0 saturated carbocycles. The largest absolute Gasteiger partial charge is 0.426 e. The van der Waals surface area contributed by atoms with Gasteiger partial charge >= 0.3 is 5.97 Å². The van der Waals surface area contributed by atoms with Crippen LogP contribution in [0.4, 0.5) is 11.4 Å². The van der Waals surface area contributed by atoms with E-state index in [2.05, 4.69) is 28.5 Å². The molecule has 0 radical (unpaired) electrons. The van der Waals surface area contributed by atoms with E-state index in [1.54, 1.807) is 17.0 Å². The van der Waals surface area contributed by atoms with E-state index in [0.29, 0.717) is 47.2 Å². The fourth-order valence-electron chi connectivity index (χ4n) is 6.25. The summed E-state index contributed by atoms with van der Waals surface area (Å²) in [4.78, 5) is 43.8. The van der Waals surface area contributed by atoms with Crippen molar-refractivity contribution in [3.8, 4) is 5.75 Å². The number of amides is 2. The Kier molecular flexibility index (Phi) is 6.55. The number of aromatic amines is 1. The van der Waals surface area contributed by atoms with Crippen LogP contribution in [-0.2, 0) is 16.0 Å². The SMILES string of the molecule is CC(=O)Oc1cc2c(c3ccccc13)C(CCl)CN2C(=O)c1cc2cc(NC(=O)C3=Cc4cc(C)ccc4C3)ccc2[nH]1. The highest BCUT2D eigenvalue weighted by Crippen LogP contribution is 2.46. The van der Waals surface area contributed by atoms with Crippen LogP contribution >= 0.6 is 11.6 Å². The number of nitrogens with one attached hydrogen (secondary N) is 2. The third-order valence-electron chi connectivity index (χ3n) is 8.23. The van der Waals surface area contributed by atoms with Gasteiger partial charge in [-0.15, -0.1) is 11.6 Å². The standard InChI is InChI=1S/C35H28ClN3O4/c1-19-7-8-21-12-24(13-22(21)11-19)34(41)37-26-9-10-29-23(14-26)15-30(38-29)35(42)39-18-25(17-36)33-28-6-4-3-5-27(28)32(16-31(33)39)43-20(2)40/h3-11,13-16,25,38H,12,17-18H2,1-2H3,(H,37,41). The Hall–Kier alpha value is -4.88. The molecule has 0 fully saturated rings. The van der Waals surface area contributed by atoms with Crippen molar-refractivity contribution >= 4 is 68.5 Å². The molecule has 0 saturated heterocycles. The summed E-state index contributed by atoms with van der Waals surface area (Å²) in [5, 5.41) is 5.52. The maximum atomic E-state index is 13.9. The molecule has 43 heavy (non-hydrogen) atoms. The van der Waals surface area contributed by atoms with Crippen molar-refractivity contribution in [2.75, 3.05) is 22.6 Å². The van der Waals surface area contributed by atoms with Gasteiger partial charge in [0.25, 0.3) is 11.8 Å². The molecule has 1 unspecified atom stereocenters. The van der Waals surface area contributed by atoms with Gasteiger partial charge in [0.05, 0.1) is 5.69 Å². The molecule has 8 heteroatoms. The van der Waals surface area contributed by atoms with Gasteiger partial charge < -0.3 is 19.9 Å². The maximum Gasteiger partial charge on any atom is 0.308 e. The Balaban J connectivity index is 1.17. The van der Waals surface area contributed by atoms with Crippen LogP contribution in [-0.4, -0.2) is 35.2 Å². The zero-order valence-electron chi connectivity index (χ0n) is 23.7. The predicted molar refractivity (Wildman–Crippen MR) is 170 cm³/mol. The quantitative estimate of drug-likeness (QED) is 0.130. The van der Waals surface area contributed by atoms with E-state index in [0.717, 1.165) is 43.9 Å². The van der Waals surface area contributed by atoms with E-state index in [4.69, 9.17) is 16.3 Å².